The van der Waals surface area contributed by atoms with Gasteiger partial charge in [0.05, 0.1) is 4.92 Å². The number of hydrogen-bond acceptors (Lipinski definition) is 4. The lowest BCUT2D eigenvalue weighted by molar-refractivity contribution is -0.383. The van der Waals surface area contributed by atoms with Crippen molar-refractivity contribution in [2.75, 3.05) is 32.5 Å². The third kappa shape index (κ3) is 5.53. The van der Waals surface area contributed by atoms with Gasteiger partial charge < -0.3 is 22.6 Å². The molecule has 0 aliphatic carbocycles. The molecule has 0 aliphatic heterocycles. The summed E-state index contributed by atoms with van der Waals surface area (Å²) < 4.78 is 0. The topological polar surface area (TPSA) is 58.4 Å². The van der Waals surface area contributed by atoms with Crippen LogP contribution in [0, 0.1) is 10.1 Å². The first-order valence-electron chi connectivity index (χ1n) is 5.33. The van der Waals surface area contributed by atoms with Crippen molar-refractivity contribution in [1.29, 1.82) is 0 Å². The van der Waals surface area contributed by atoms with Gasteiger partial charge >= 0.3 is 0 Å². The van der Waals surface area contributed by atoms with Crippen LogP contribution in [0.1, 0.15) is 6.42 Å². The van der Waals surface area contributed by atoms with Crippen molar-refractivity contribution in [1.82, 2.24) is 4.90 Å². The van der Waals surface area contributed by atoms with Crippen LogP contribution in [0.2, 0.25) is 5.02 Å². The molecule has 5 nitrogen and oxygen atoms in total. The summed E-state index contributed by atoms with van der Waals surface area (Å²) >= 11 is 5.72. The van der Waals surface area contributed by atoms with E-state index in [0.29, 0.717) is 17.3 Å². The Morgan fingerprint density at radius 3 is 2.67 bits per heavy atom. The number of nitrogens with zero attached hydrogens (tertiary/aromatic N) is 2. The van der Waals surface area contributed by atoms with Gasteiger partial charge in [0.25, 0.3) is 5.69 Å². The second kappa shape index (κ2) is 8.13. The number of nitrogens with one attached hydrogen (secondary N) is 1. The highest BCUT2D eigenvalue weighted by atomic mass is 35.5. The van der Waals surface area contributed by atoms with E-state index in [4.69, 9.17) is 11.6 Å². The number of nitro benzene ring substituents is 1. The molecule has 0 spiro atoms. The summed E-state index contributed by atoms with van der Waals surface area (Å²) in [6, 6.07) is 4.63. The Balaban J connectivity index is 0.00000289. The first-order valence-corrected chi connectivity index (χ1v) is 5.71. The van der Waals surface area contributed by atoms with E-state index in [9.17, 15) is 10.1 Å². The Hall–Kier alpha value is -1.04. The summed E-state index contributed by atoms with van der Waals surface area (Å²) in [6.45, 7) is 1.63. The highest BCUT2D eigenvalue weighted by Crippen LogP contribution is 2.27. The van der Waals surface area contributed by atoms with Gasteiger partial charge in [0.15, 0.2) is 0 Å². The van der Waals surface area contributed by atoms with E-state index >= 15 is 0 Å². The fourth-order valence-electron chi connectivity index (χ4n) is 1.42. The molecule has 0 bridgehead atoms. The SMILES string of the molecule is CN(C)CCCNc1ccc(Cl)cc1[N+](=O)[O-].[Cl-]. The zero-order valence-corrected chi connectivity index (χ0v) is 11.8. The Morgan fingerprint density at radius 2 is 2.11 bits per heavy atom. The summed E-state index contributed by atoms with van der Waals surface area (Å²) in [5.74, 6) is 0. The molecule has 1 aromatic rings. The quantitative estimate of drug-likeness (QED) is 0.441. The Labute approximate surface area is 118 Å². The van der Waals surface area contributed by atoms with Crippen LogP contribution in [0.15, 0.2) is 18.2 Å². The van der Waals surface area contributed by atoms with Gasteiger partial charge in [-0.25, -0.2) is 0 Å². The van der Waals surface area contributed by atoms with E-state index < -0.39 is 4.92 Å². The highest BCUT2D eigenvalue weighted by Gasteiger charge is 2.13. The largest absolute Gasteiger partial charge is 1.00 e. The number of nitro groups is 1. The highest BCUT2D eigenvalue weighted by molar-refractivity contribution is 6.30. The third-order valence-electron chi connectivity index (χ3n) is 2.25. The van der Waals surface area contributed by atoms with Gasteiger partial charge in [-0.05, 0) is 39.2 Å². The van der Waals surface area contributed by atoms with Crippen LogP contribution < -0.4 is 17.7 Å². The minimum atomic E-state index is -0.430. The Morgan fingerprint density at radius 1 is 1.44 bits per heavy atom. The van der Waals surface area contributed by atoms with E-state index in [1.807, 2.05) is 14.1 Å². The molecule has 7 heteroatoms. The maximum absolute atomic E-state index is 10.8. The lowest BCUT2D eigenvalue weighted by Crippen LogP contribution is -3.00. The van der Waals surface area contributed by atoms with Crippen LogP contribution in [0.25, 0.3) is 0 Å². The second-order valence-electron chi connectivity index (χ2n) is 4.00. The number of halogens is 2. The molecular formula is C11H16Cl2N3O2-. The minimum absolute atomic E-state index is 0. The zero-order chi connectivity index (χ0) is 12.8. The molecule has 102 valence electrons. The summed E-state index contributed by atoms with van der Waals surface area (Å²) in [6.07, 6.45) is 0.923. The third-order valence-corrected chi connectivity index (χ3v) is 2.49. The molecule has 0 heterocycles. The Bertz CT molecular complexity index is 400. The summed E-state index contributed by atoms with van der Waals surface area (Å²) in [4.78, 5) is 12.5. The second-order valence-corrected chi connectivity index (χ2v) is 4.44. The maximum atomic E-state index is 10.8. The average Bonchev–Trinajstić information content (AvgIpc) is 2.25. The maximum Gasteiger partial charge on any atom is 0.293 e. The van der Waals surface area contributed by atoms with Crippen molar-refractivity contribution in [3.05, 3.63) is 33.3 Å². The molecule has 18 heavy (non-hydrogen) atoms. The lowest BCUT2D eigenvalue weighted by Gasteiger charge is -2.10. The molecule has 0 unspecified atom stereocenters. The first-order chi connectivity index (χ1) is 8.00. The van der Waals surface area contributed by atoms with Crippen LogP contribution in [0.5, 0.6) is 0 Å². The molecule has 1 rings (SSSR count). The smallest absolute Gasteiger partial charge is 0.293 e. The normalized spacial score (nSPS) is 10.0. The van der Waals surface area contributed by atoms with Gasteiger partial charge in [-0.3, -0.25) is 10.1 Å². The van der Waals surface area contributed by atoms with E-state index in [-0.39, 0.29) is 18.1 Å². The molecule has 0 saturated heterocycles. The van der Waals surface area contributed by atoms with E-state index in [2.05, 4.69) is 10.2 Å². The van der Waals surface area contributed by atoms with Crippen molar-refractivity contribution in [2.24, 2.45) is 0 Å². The van der Waals surface area contributed by atoms with Crippen molar-refractivity contribution >= 4 is 23.0 Å². The van der Waals surface area contributed by atoms with Gasteiger partial charge in [-0.1, -0.05) is 11.6 Å². The van der Waals surface area contributed by atoms with Crippen molar-refractivity contribution < 1.29 is 17.3 Å². The monoisotopic (exact) mass is 292 g/mol. The van der Waals surface area contributed by atoms with Crippen LogP contribution in [0.4, 0.5) is 11.4 Å². The summed E-state index contributed by atoms with van der Waals surface area (Å²) in [7, 11) is 3.98. The predicted octanol–water partition coefficient (Wildman–Crippen LogP) is -0.384. The van der Waals surface area contributed by atoms with Crippen LogP contribution in [-0.2, 0) is 0 Å². The summed E-state index contributed by atoms with van der Waals surface area (Å²) in [5, 5.41) is 14.2. The molecule has 0 atom stereocenters. The fraction of sp³-hybridized carbons (Fsp3) is 0.455. The van der Waals surface area contributed by atoms with E-state index in [0.717, 1.165) is 13.0 Å². The first kappa shape index (κ1) is 17.0. The van der Waals surface area contributed by atoms with Crippen molar-refractivity contribution in [2.45, 2.75) is 6.42 Å². The summed E-state index contributed by atoms with van der Waals surface area (Å²) in [5.41, 5.74) is 0.528. The number of hydrogen-bond donors (Lipinski definition) is 1. The van der Waals surface area contributed by atoms with Gasteiger partial charge in [-0.15, -0.1) is 0 Å². The van der Waals surface area contributed by atoms with Gasteiger partial charge in [0.1, 0.15) is 5.69 Å². The van der Waals surface area contributed by atoms with Crippen LogP contribution >= 0.6 is 11.6 Å². The average molecular weight is 293 g/mol. The van der Waals surface area contributed by atoms with Gasteiger partial charge in [0.2, 0.25) is 0 Å². The Kier molecular flexibility index (Phi) is 7.66. The molecule has 0 aliphatic rings. The molecule has 0 amide bonds. The number of anilines is 1. The van der Waals surface area contributed by atoms with Crippen LogP contribution in [0.3, 0.4) is 0 Å². The zero-order valence-electron chi connectivity index (χ0n) is 10.3. The van der Waals surface area contributed by atoms with Gasteiger partial charge in [-0.2, -0.15) is 0 Å². The van der Waals surface area contributed by atoms with E-state index in [1.165, 1.54) is 6.07 Å². The minimum Gasteiger partial charge on any atom is -1.00 e. The van der Waals surface area contributed by atoms with Gasteiger partial charge in [0, 0.05) is 17.6 Å². The number of rotatable bonds is 6. The van der Waals surface area contributed by atoms with Crippen molar-refractivity contribution in [3.63, 3.8) is 0 Å². The standard InChI is InChI=1S/C11H16ClN3O2.ClH/c1-14(2)7-3-6-13-10-5-4-9(12)8-11(10)15(16)17;/h4-5,8,13H,3,6-7H2,1-2H3;1H/p-1. The molecule has 0 radical (unpaired) electrons. The van der Waals surface area contributed by atoms with E-state index in [1.54, 1.807) is 12.1 Å². The molecule has 1 aromatic carbocycles. The molecule has 0 fully saturated rings. The molecule has 0 saturated carbocycles. The molecule has 0 aromatic heterocycles. The molecular weight excluding hydrogens is 277 g/mol. The number of benzene rings is 1. The fourth-order valence-corrected chi connectivity index (χ4v) is 1.59. The van der Waals surface area contributed by atoms with Crippen LogP contribution in [-0.4, -0.2) is 37.0 Å². The lowest BCUT2D eigenvalue weighted by atomic mass is 10.2. The predicted molar refractivity (Wildman–Crippen MR) is 69.8 cm³/mol. The van der Waals surface area contributed by atoms with Crippen molar-refractivity contribution in [3.8, 4) is 0 Å². The molecule has 1 N–H and O–H groups in total.